The van der Waals surface area contributed by atoms with Gasteiger partial charge in [0.25, 0.3) is 11.6 Å². The number of benzene rings is 1. The summed E-state index contributed by atoms with van der Waals surface area (Å²) >= 11 is 7.31. The molecule has 2 unspecified atom stereocenters. The number of amides is 1. The van der Waals surface area contributed by atoms with Gasteiger partial charge in [-0.2, -0.15) is 11.8 Å². The molecule has 1 rings (SSSR count). The van der Waals surface area contributed by atoms with E-state index >= 15 is 0 Å². The Morgan fingerprint density at radius 2 is 2.25 bits per heavy atom. The lowest BCUT2D eigenvalue weighted by molar-refractivity contribution is -0.384. The van der Waals surface area contributed by atoms with Gasteiger partial charge in [0.15, 0.2) is 0 Å². The van der Waals surface area contributed by atoms with Crippen LogP contribution >= 0.6 is 23.4 Å². The van der Waals surface area contributed by atoms with Crippen LogP contribution in [0.2, 0.25) is 5.02 Å². The maximum Gasteiger partial charge on any atom is 0.270 e. The molecule has 2 atom stereocenters. The van der Waals surface area contributed by atoms with Crippen LogP contribution < -0.4 is 5.32 Å². The maximum atomic E-state index is 12.1. The third-order valence-electron chi connectivity index (χ3n) is 2.80. The highest BCUT2D eigenvalue weighted by Crippen LogP contribution is 2.22. The summed E-state index contributed by atoms with van der Waals surface area (Å²) in [7, 11) is 0. The Morgan fingerprint density at radius 1 is 1.60 bits per heavy atom. The molecule has 6 nitrogen and oxygen atoms in total. The molecule has 0 aliphatic rings. The van der Waals surface area contributed by atoms with Crippen molar-refractivity contribution >= 4 is 35.0 Å². The fourth-order valence-electron chi connectivity index (χ4n) is 1.62. The van der Waals surface area contributed by atoms with Gasteiger partial charge in [0, 0.05) is 23.4 Å². The molecule has 0 radical (unpaired) electrons. The van der Waals surface area contributed by atoms with E-state index in [0.717, 1.165) is 6.07 Å². The minimum atomic E-state index is -0.588. The van der Waals surface area contributed by atoms with Gasteiger partial charge in [-0.3, -0.25) is 14.9 Å². The Morgan fingerprint density at radius 3 is 2.75 bits per heavy atom. The van der Waals surface area contributed by atoms with Crippen LogP contribution in [-0.4, -0.2) is 40.1 Å². The van der Waals surface area contributed by atoms with Crippen molar-refractivity contribution in [2.45, 2.75) is 18.2 Å². The predicted octanol–water partition coefficient (Wildman–Crippen LogP) is 2.09. The number of nitro benzene ring substituents is 1. The van der Waals surface area contributed by atoms with Crippen molar-refractivity contribution in [2.24, 2.45) is 0 Å². The fraction of sp³-hybridized carbons (Fsp3) is 0.417. The molecule has 1 amide bonds. The summed E-state index contributed by atoms with van der Waals surface area (Å²) in [6.45, 7) is 1.67. The lowest BCUT2D eigenvalue weighted by atomic mass is 10.1. The second-order valence-electron chi connectivity index (χ2n) is 4.14. The number of aliphatic hydroxyl groups excluding tert-OH is 1. The lowest BCUT2D eigenvalue weighted by Crippen LogP contribution is -2.41. The topological polar surface area (TPSA) is 92.5 Å². The van der Waals surface area contributed by atoms with Gasteiger partial charge >= 0.3 is 0 Å². The standard InChI is InChI=1S/C12H15ClN2O4S/c1-7(11(6-16)20-2)14-12(17)9-5-8(15(18)19)3-4-10(9)13/h3-5,7,11,16H,6H2,1-2H3,(H,14,17). The number of non-ortho nitro benzene ring substituents is 1. The van der Waals surface area contributed by atoms with Crippen molar-refractivity contribution in [1.29, 1.82) is 0 Å². The molecule has 0 aliphatic heterocycles. The molecule has 1 aromatic carbocycles. The van der Waals surface area contributed by atoms with Gasteiger partial charge < -0.3 is 10.4 Å². The third-order valence-corrected chi connectivity index (χ3v) is 4.30. The largest absolute Gasteiger partial charge is 0.395 e. The fourth-order valence-corrected chi connectivity index (χ4v) is 2.44. The summed E-state index contributed by atoms with van der Waals surface area (Å²) < 4.78 is 0. The molecule has 0 aromatic heterocycles. The first-order chi connectivity index (χ1) is 9.40. The Kier molecular flexibility index (Phi) is 6.25. The van der Waals surface area contributed by atoms with Gasteiger partial charge in [-0.25, -0.2) is 0 Å². The van der Waals surface area contributed by atoms with E-state index in [-0.39, 0.29) is 34.2 Å². The predicted molar refractivity (Wildman–Crippen MR) is 79.4 cm³/mol. The summed E-state index contributed by atoms with van der Waals surface area (Å²) in [4.78, 5) is 22.2. The van der Waals surface area contributed by atoms with Crippen LogP contribution in [0.25, 0.3) is 0 Å². The highest BCUT2D eigenvalue weighted by molar-refractivity contribution is 7.99. The second-order valence-corrected chi connectivity index (χ2v) is 5.62. The van der Waals surface area contributed by atoms with E-state index in [9.17, 15) is 14.9 Å². The number of thioether (sulfide) groups is 1. The number of hydrogen-bond donors (Lipinski definition) is 2. The van der Waals surface area contributed by atoms with E-state index < -0.39 is 10.8 Å². The molecule has 0 saturated heterocycles. The molecule has 1 aromatic rings. The van der Waals surface area contributed by atoms with Crippen molar-refractivity contribution in [3.05, 3.63) is 38.9 Å². The van der Waals surface area contributed by atoms with E-state index in [1.54, 1.807) is 6.92 Å². The van der Waals surface area contributed by atoms with E-state index in [1.165, 1.54) is 23.9 Å². The van der Waals surface area contributed by atoms with Gasteiger partial charge in [0.1, 0.15) is 0 Å². The Balaban J connectivity index is 2.92. The molecular weight excluding hydrogens is 304 g/mol. The average molecular weight is 319 g/mol. The first-order valence-corrected chi connectivity index (χ1v) is 7.45. The highest BCUT2D eigenvalue weighted by atomic mass is 35.5. The average Bonchev–Trinajstić information content (AvgIpc) is 2.40. The molecule has 110 valence electrons. The first-order valence-electron chi connectivity index (χ1n) is 5.79. The third kappa shape index (κ3) is 4.09. The van der Waals surface area contributed by atoms with Crippen molar-refractivity contribution in [2.75, 3.05) is 12.9 Å². The summed E-state index contributed by atoms with van der Waals surface area (Å²) in [6.07, 6.45) is 1.82. The maximum absolute atomic E-state index is 12.1. The van der Waals surface area contributed by atoms with Crippen molar-refractivity contribution in [1.82, 2.24) is 5.32 Å². The monoisotopic (exact) mass is 318 g/mol. The molecule has 2 N–H and O–H groups in total. The molecule has 0 fully saturated rings. The van der Waals surface area contributed by atoms with E-state index in [2.05, 4.69) is 5.32 Å². The zero-order valence-corrected chi connectivity index (χ0v) is 12.6. The van der Waals surface area contributed by atoms with Gasteiger partial charge in [-0.1, -0.05) is 11.6 Å². The minimum Gasteiger partial charge on any atom is -0.395 e. The van der Waals surface area contributed by atoms with Crippen LogP contribution in [0.15, 0.2) is 18.2 Å². The summed E-state index contributed by atoms with van der Waals surface area (Å²) in [5.41, 5.74) is -0.152. The van der Waals surface area contributed by atoms with E-state index in [4.69, 9.17) is 16.7 Å². The second kappa shape index (κ2) is 7.47. The van der Waals surface area contributed by atoms with Crippen LogP contribution in [0.3, 0.4) is 0 Å². The summed E-state index contributed by atoms with van der Waals surface area (Å²) in [5.74, 6) is -0.501. The number of halogens is 1. The molecule has 0 aliphatic carbocycles. The number of nitrogens with one attached hydrogen (secondary N) is 1. The van der Waals surface area contributed by atoms with E-state index in [1.807, 2.05) is 6.26 Å². The van der Waals surface area contributed by atoms with Crippen LogP contribution in [0.4, 0.5) is 5.69 Å². The number of rotatable bonds is 6. The number of nitro groups is 1. The van der Waals surface area contributed by atoms with Crippen LogP contribution in [0.1, 0.15) is 17.3 Å². The Hall–Kier alpha value is -1.31. The Labute approximate surface area is 125 Å². The van der Waals surface area contributed by atoms with Crippen LogP contribution in [-0.2, 0) is 0 Å². The Bertz CT molecular complexity index is 508. The van der Waals surface area contributed by atoms with Gasteiger partial charge in [-0.15, -0.1) is 0 Å². The van der Waals surface area contributed by atoms with Crippen LogP contribution in [0.5, 0.6) is 0 Å². The molecule has 0 saturated carbocycles. The molecule has 0 spiro atoms. The van der Waals surface area contributed by atoms with Gasteiger partial charge in [-0.05, 0) is 19.2 Å². The molecule has 8 heteroatoms. The highest BCUT2D eigenvalue weighted by Gasteiger charge is 2.21. The molecular formula is C12H15ClN2O4S. The van der Waals surface area contributed by atoms with Crippen molar-refractivity contribution in [3.63, 3.8) is 0 Å². The minimum absolute atomic E-state index is 0.0468. The number of hydrogen-bond acceptors (Lipinski definition) is 5. The van der Waals surface area contributed by atoms with Crippen molar-refractivity contribution in [3.8, 4) is 0 Å². The van der Waals surface area contributed by atoms with Gasteiger partial charge in [0.2, 0.25) is 0 Å². The zero-order valence-electron chi connectivity index (χ0n) is 11.0. The smallest absolute Gasteiger partial charge is 0.270 e. The normalized spacial score (nSPS) is 13.6. The number of aliphatic hydroxyl groups is 1. The van der Waals surface area contributed by atoms with Gasteiger partial charge in [0.05, 0.1) is 22.1 Å². The number of nitrogens with zero attached hydrogens (tertiary/aromatic N) is 1. The number of carbonyl (C=O) groups excluding carboxylic acids is 1. The molecule has 0 heterocycles. The molecule has 0 bridgehead atoms. The SMILES string of the molecule is CSC(CO)C(C)NC(=O)c1cc([N+](=O)[O-])ccc1Cl. The van der Waals surface area contributed by atoms with Crippen molar-refractivity contribution < 1.29 is 14.8 Å². The van der Waals surface area contributed by atoms with E-state index in [0.29, 0.717) is 0 Å². The van der Waals surface area contributed by atoms with Crippen LogP contribution in [0, 0.1) is 10.1 Å². The number of carbonyl (C=O) groups is 1. The lowest BCUT2D eigenvalue weighted by Gasteiger charge is -2.21. The molecule has 20 heavy (non-hydrogen) atoms. The zero-order chi connectivity index (χ0) is 15.3. The quantitative estimate of drug-likeness (QED) is 0.619. The summed E-state index contributed by atoms with van der Waals surface area (Å²) in [6, 6.07) is 3.40. The summed E-state index contributed by atoms with van der Waals surface area (Å²) in [5, 5.41) is 22.5. The first kappa shape index (κ1) is 16.7.